The van der Waals surface area contributed by atoms with E-state index >= 15 is 0 Å². The van der Waals surface area contributed by atoms with Crippen molar-refractivity contribution in [2.45, 2.75) is 6.92 Å². The normalized spacial score (nSPS) is 10.9. The molecule has 0 bridgehead atoms. The van der Waals surface area contributed by atoms with Crippen molar-refractivity contribution in [1.29, 1.82) is 0 Å². The number of amides is 1. The lowest BCUT2D eigenvalue weighted by molar-refractivity contribution is 0.102. The molecule has 0 aliphatic heterocycles. The highest BCUT2D eigenvalue weighted by molar-refractivity contribution is 6.04. The number of pyridine rings is 1. The second kappa shape index (κ2) is 5.66. The number of nitrogens with zero attached hydrogens (tertiary/aromatic N) is 2. The zero-order chi connectivity index (χ0) is 16.5. The zero-order valence-electron chi connectivity index (χ0n) is 12.8. The Labute approximate surface area is 137 Å². The maximum Gasteiger partial charge on any atom is 0.258 e. The highest BCUT2D eigenvalue weighted by Gasteiger charge is 2.14. The summed E-state index contributed by atoms with van der Waals surface area (Å²) >= 11 is 0. The molecule has 0 unspecified atom stereocenters. The molecule has 3 aromatic heterocycles. The lowest BCUT2D eigenvalue weighted by atomic mass is 10.2. The van der Waals surface area contributed by atoms with Crippen molar-refractivity contribution in [3.63, 3.8) is 0 Å². The Hall–Kier alpha value is -3.41. The lowest BCUT2D eigenvalue weighted by Gasteiger charge is -2.05. The molecule has 0 atom stereocenters. The summed E-state index contributed by atoms with van der Waals surface area (Å²) in [6, 6.07) is 12.9. The van der Waals surface area contributed by atoms with Crippen LogP contribution in [-0.4, -0.2) is 15.9 Å². The first kappa shape index (κ1) is 14.2. The Morgan fingerprint density at radius 2 is 1.96 bits per heavy atom. The van der Waals surface area contributed by atoms with Crippen LogP contribution in [0.15, 0.2) is 63.8 Å². The predicted octanol–water partition coefficient (Wildman–Crippen LogP) is 4.04. The van der Waals surface area contributed by atoms with Gasteiger partial charge in [0.1, 0.15) is 11.8 Å². The fourth-order valence-electron chi connectivity index (χ4n) is 2.37. The van der Waals surface area contributed by atoms with Crippen LogP contribution in [0, 0.1) is 6.92 Å². The summed E-state index contributed by atoms with van der Waals surface area (Å²) in [7, 11) is 0. The molecule has 0 radical (unpaired) electrons. The first-order chi connectivity index (χ1) is 11.7. The van der Waals surface area contributed by atoms with Crippen molar-refractivity contribution in [2.75, 3.05) is 5.32 Å². The minimum Gasteiger partial charge on any atom is -0.472 e. The van der Waals surface area contributed by atoms with Crippen molar-refractivity contribution in [2.24, 2.45) is 0 Å². The zero-order valence-corrected chi connectivity index (χ0v) is 12.8. The van der Waals surface area contributed by atoms with Gasteiger partial charge in [0.2, 0.25) is 11.6 Å². The molecule has 4 rings (SSSR count). The molecule has 0 spiro atoms. The molecule has 0 aliphatic carbocycles. The number of fused-ring (bicyclic) bond motifs is 1. The number of aromatic nitrogens is 2. The lowest BCUT2D eigenvalue weighted by Crippen LogP contribution is -2.12. The number of carbonyl (C=O) groups is 1. The van der Waals surface area contributed by atoms with Gasteiger partial charge in [0.15, 0.2) is 0 Å². The van der Waals surface area contributed by atoms with Gasteiger partial charge >= 0.3 is 0 Å². The number of aryl methyl sites for hydroxylation is 1. The van der Waals surface area contributed by atoms with Crippen molar-refractivity contribution < 1.29 is 13.6 Å². The number of hydrogen-bond donors (Lipinski definition) is 1. The van der Waals surface area contributed by atoms with Crippen molar-refractivity contribution in [3.05, 3.63) is 66.2 Å². The number of nitrogens with one attached hydrogen (secondary N) is 1. The van der Waals surface area contributed by atoms with Crippen LogP contribution >= 0.6 is 0 Å². The Kier molecular flexibility index (Phi) is 3.35. The third-order valence-electron chi connectivity index (χ3n) is 3.63. The number of benzene rings is 1. The summed E-state index contributed by atoms with van der Waals surface area (Å²) < 4.78 is 10.6. The van der Waals surface area contributed by atoms with Gasteiger partial charge in [-0.1, -0.05) is 18.2 Å². The molecular weight excluding hydrogens is 306 g/mol. The molecule has 6 nitrogen and oxygen atoms in total. The first-order valence-corrected chi connectivity index (χ1v) is 7.38. The summed E-state index contributed by atoms with van der Waals surface area (Å²) in [5.41, 5.74) is 3.57. The van der Waals surface area contributed by atoms with Gasteiger partial charge in [-0.2, -0.15) is 0 Å². The third kappa shape index (κ3) is 2.54. The monoisotopic (exact) mass is 319 g/mol. The van der Waals surface area contributed by atoms with Crippen LogP contribution in [0.1, 0.15) is 16.1 Å². The quantitative estimate of drug-likeness (QED) is 0.616. The molecule has 24 heavy (non-hydrogen) atoms. The van der Waals surface area contributed by atoms with E-state index in [1.807, 2.05) is 30.3 Å². The number of oxazole rings is 1. The van der Waals surface area contributed by atoms with Gasteiger partial charge in [0.25, 0.3) is 5.91 Å². The predicted molar refractivity (Wildman–Crippen MR) is 88.6 cm³/mol. The number of hydrogen-bond acceptors (Lipinski definition) is 5. The standard InChI is InChI=1S/C18H13N3O3/c1-11-14(20-16(22)13-7-8-23-10-13)9-15-18(19-11)24-17(21-15)12-5-3-2-4-6-12/h2-10H,1H3,(H,20,22). The number of carbonyl (C=O) groups excluding carboxylic acids is 1. The maximum atomic E-state index is 12.1. The smallest absolute Gasteiger partial charge is 0.258 e. The van der Waals surface area contributed by atoms with Gasteiger partial charge in [-0.05, 0) is 31.2 Å². The Morgan fingerprint density at radius 3 is 2.71 bits per heavy atom. The van der Waals surface area contributed by atoms with E-state index in [2.05, 4.69) is 15.3 Å². The maximum absolute atomic E-state index is 12.1. The van der Waals surface area contributed by atoms with Gasteiger partial charge in [-0.3, -0.25) is 4.79 Å². The SMILES string of the molecule is Cc1nc2oc(-c3ccccc3)nc2cc1NC(=O)c1ccoc1. The third-order valence-corrected chi connectivity index (χ3v) is 3.63. The number of rotatable bonds is 3. The summed E-state index contributed by atoms with van der Waals surface area (Å²) in [6.07, 6.45) is 2.84. The average molecular weight is 319 g/mol. The van der Waals surface area contributed by atoms with E-state index in [1.165, 1.54) is 12.5 Å². The summed E-state index contributed by atoms with van der Waals surface area (Å²) in [5.74, 6) is 0.232. The molecule has 118 valence electrons. The topological polar surface area (TPSA) is 81.2 Å². The molecule has 6 heteroatoms. The molecule has 1 N–H and O–H groups in total. The minimum atomic E-state index is -0.264. The van der Waals surface area contributed by atoms with Crippen molar-refractivity contribution >= 4 is 22.8 Å². The van der Waals surface area contributed by atoms with Crippen LogP contribution in [0.3, 0.4) is 0 Å². The van der Waals surface area contributed by atoms with Crippen LogP contribution < -0.4 is 5.32 Å². The molecule has 1 aromatic carbocycles. The van der Waals surface area contributed by atoms with Crippen LogP contribution in [-0.2, 0) is 0 Å². The van der Waals surface area contributed by atoms with E-state index in [1.54, 1.807) is 19.1 Å². The molecular formula is C18H13N3O3. The molecule has 0 aliphatic rings. The fraction of sp³-hybridized carbons (Fsp3) is 0.0556. The van der Waals surface area contributed by atoms with E-state index < -0.39 is 0 Å². The summed E-state index contributed by atoms with van der Waals surface area (Å²) in [6.45, 7) is 1.80. The summed E-state index contributed by atoms with van der Waals surface area (Å²) in [4.78, 5) is 21.0. The van der Waals surface area contributed by atoms with E-state index in [4.69, 9.17) is 8.83 Å². The van der Waals surface area contributed by atoms with E-state index in [0.717, 1.165) is 5.56 Å². The minimum absolute atomic E-state index is 0.264. The highest BCUT2D eigenvalue weighted by Crippen LogP contribution is 2.26. The Bertz CT molecular complexity index is 1000. The molecule has 1 amide bonds. The molecule has 0 saturated heterocycles. The van der Waals surface area contributed by atoms with Crippen LogP contribution in [0.2, 0.25) is 0 Å². The summed E-state index contributed by atoms with van der Waals surface area (Å²) in [5, 5.41) is 2.81. The van der Waals surface area contributed by atoms with Gasteiger partial charge in [0.05, 0.1) is 23.2 Å². The molecule has 0 fully saturated rings. The highest BCUT2D eigenvalue weighted by atomic mass is 16.4. The van der Waals surface area contributed by atoms with Crippen molar-refractivity contribution in [3.8, 4) is 11.5 Å². The van der Waals surface area contributed by atoms with E-state index in [-0.39, 0.29) is 5.91 Å². The molecule has 0 saturated carbocycles. The molecule has 3 heterocycles. The van der Waals surface area contributed by atoms with Gasteiger partial charge < -0.3 is 14.2 Å². The largest absolute Gasteiger partial charge is 0.472 e. The average Bonchev–Trinajstić information content (AvgIpc) is 3.25. The first-order valence-electron chi connectivity index (χ1n) is 7.38. The molecule has 4 aromatic rings. The fourth-order valence-corrected chi connectivity index (χ4v) is 2.37. The van der Waals surface area contributed by atoms with E-state index in [0.29, 0.717) is 34.1 Å². The Morgan fingerprint density at radius 1 is 1.12 bits per heavy atom. The Balaban J connectivity index is 1.70. The number of anilines is 1. The van der Waals surface area contributed by atoms with Crippen LogP contribution in [0.25, 0.3) is 22.7 Å². The van der Waals surface area contributed by atoms with Gasteiger partial charge in [-0.15, -0.1) is 0 Å². The number of furan rings is 1. The van der Waals surface area contributed by atoms with E-state index in [9.17, 15) is 4.79 Å². The van der Waals surface area contributed by atoms with Crippen LogP contribution in [0.4, 0.5) is 5.69 Å². The van der Waals surface area contributed by atoms with Crippen molar-refractivity contribution in [1.82, 2.24) is 9.97 Å². The van der Waals surface area contributed by atoms with Gasteiger partial charge in [-0.25, -0.2) is 9.97 Å². The van der Waals surface area contributed by atoms with Crippen LogP contribution in [0.5, 0.6) is 0 Å². The second-order valence-corrected chi connectivity index (χ2v) is 5.30. The second-order valence-electron chi connectivity index (χ2n) is 5.30. The van der Waals surface area contributed by atoms with Gasteiger partial charge in [0, 0.05) is 5.56 Å².